The molecule has 1 heterocycles. The molecule has 1 aliphatic carbocycles. The Morgan fingerprint density at radius 1 is 1.25 bits per heavy atom. The Balaban J connectivity index is 1.98. The van der Waals surface area contributed by atoms with Crippen LogP contribution in [-0.4, -0.2) is 30.6 Å². The molecule has 0 N–H and O–H groups in total. The van der Waals surface area contributed by atoms with Crippen LogP contribution in [0.15, 0.2) is 10.5 Å². The zero-order valence-electron chi connectivity index (χ0n) is 13.9. The Bertz CT molecular complexity index is 707. The lowest BCUT2D eigenvalue weighted by atomic mass is 9.76. The van der Waals surface area contributed by atoms with Gasteiger partial charge in [-0.25, -0.2) is 0 Å². The summed E-state index contributed by atoms with van der Waals surface area (Å²) in [5.41, 5.74) is 1.35. The minimum atomic E-state index is -1.01. The highest BCUT2D eigenvalue weighted by Crippen LogP contribution is 2.47. The van der Waals surface area contributed by atoms with Gasteiger partial charge in [-0.05, 0) is 72.2 Å². The first kappa shape index (κ1) is 17.9. The largest absolute Gasteiger partial charge is 0.450 e. The zero-order chi connectivity index (χ0) is 17.6. The van der Waals surface area contributed by atoms with Crippen molar-refractivity contribution in [2.45, 2.75) is 57.2 Å². The minimum Gasteiger partial charge on any atom is -0.450 e. The molecule has 1 spiro atoms. The zero-order valence-corrected chi connectivity index (χ0v) is 16.3. The van der Waals surface area contributed by atoms with Crippen LogP contribution in [0, 0.1) is 13.8 Å². The fourth-order valence-electron chi connectivity index (χ4n) is 3.85. The molecule has 24 heavy (non-hydrogen) atoms. The van der Waals surface area contributed by atoms with Crippen molar-refractivity contribution in [2.24, 2.45) is 0 Å². The van der Waals surface area contributed by atoms with E-state index in [1.54, 1.807) is 7.11 Å². The first-order chi connectivity index (χ1) is 11.3. The van der Waals surface area contributed by atoms with Crippen molar-refractivity contribution in [1.82, 2.24) is 0 Å². The van der Waals surface area contributed by atoms with Gasteiger partial charge >= 0.3 is 5.97 Å². The maximum Gasteiger partial charge on any atom is 0.322 e. The predicted molar refractivity (Wildman–Crippen MR) is 94.5 cm³/mol. The van der Waals surface area contributed by atoms with Crippen LogP contribution in [0.3, 0.4) is 0 Å². The summed E-state index contributed by atoms with van der Waals surface area (Å²) >= 11 is 9.90. The standard InChI is InChI=1S/C18H20BrClO4/c1-9-8-10(2)14(19)15(20)12(9)13-16(21)18(24-17(13)22)6-4-11(23-3)5-7-18/h8,11,13H,4-7H2,1-3H3. The molecule has 1 saturated carbocycles. The van der Waals surface area contributed by atoms with Crippen molar-refractivity contribution in [3.8, 4) is 0 Å². The second kappa shape index (κ2) is 6.43. The van der Waals surface area contributed by atoms with E-state index in [2.05, 4.69) is 15.9 Å². The summed E-state index contributed by atoms with van der Waals surface area (Å²) in [5.74, 6) is -1.59. The van der Waals surface area contributed by atoms with Crippen molar-refractivity contribution >= 4 is 39.3 Å². The van der Waals surface area contributed by atoms with Crippen molar-refractivity contribution in [3.05, 3.63) is 32.3 Å². The molecule has 2 fully saturated rings. The van der Waals surface area contributed by atoms with Gasteiger partial charge < -0.3 is 9.47 Å². The van der Waals surface area contributed by atoms with E-state index in [1.165, 1.54) is 0 Å². The molecular formula is C18H20BrClO4. The van der Waals surface area contributed by atoms with E-state index in [-0.39, 0.29) is 11.9 Å². The Labute approximate surface area is 155 Å². The SMILES string of the molecule is COC1CCC2(CC1)OC(=O)C(c1c(C)cc(C)c(Br)c1Cl)C2=O. The number of ketones is 1. The Kier molecular flexibility index (Phi) is 4.80. The Morgan fingerprint density at radius 2 is 1.88 bits per heavy atom. The molecule has 1 aromatic rings. The topological polar surface area (TPSA) is 52.6 Å². The highest BCUT2D eigenvalue weighted by Gasteiger charge is 2.57. The molecule has 130 valence electrons. The van der Waals surface area contributed by atoms with Crippen LogP contribution in [0.2, 0.25) is 5.02 Å². The average molecular weight is 416 g/mol. The molecule has 2 aliphatic rings. The van der Waals surface area contributed by atoms with Crippen molar-refractivity contribution in [1.29, 1.82) is 0 Å². The van der Waals surface area contributed by atoms with Gasteiger partial charge in [-0.15, -0.1) is 0 Å². The third-order valence-corrected chi connectivity index (χ3v) is 6.88. The van der Waals surface area contributed by atoms with Crippen molar-refractivity contribution in [3.63, 3.8) is 0 Å². The van der Waals surface area contributed by atoms with Gasteiger partial charge in [0.15, 0.2) is 11.4 Å². The number of ether oxygens (including phenoxy) is 2. The number of benzene rings is 1. The fourth-order valence-corrected chi connectivity index (χ4v) is 4.58. The molecule has 4 nitrogen and oxygen atoms in total. The molecule has 0 amide bonds. The van der Waals surface area contributed by atoms with Crippen LogP contribution >= 0.6 is 27.5 Å². The normalized spacial score (nSPS) is 30.0. The van der Waals surface area contributed by atoms with E-state index in [1.807, 2.05) is 19.9 Å². The summed E-state index contributed by atoms with van der Waals surface area (Å²) in [5, 5.41) is 0.422. The van der Waals surface area contributed by atoms with Crippen LogP contribution in [0.25, 0.3) is 0 Å². The maximum atomic E-state index is 13.1. The highest BCUT2D eigenvalue weighted by atomic mass is 79.9. The van der Waals surface area contributed by atoms with Gasteiger partial charge in [-0.1, -0.05) is 17.7 Å². The van der Waals surface area contributed by atoms with E-state index in [9.17, 15) is 9.59 Å². The molecule has 1 aliphatic heterocycles. The average Bonchev–Trinajstić information content (AvgIpc) is 2.78. The van der Waals surface area contributed by atoms with Gasteiger partial charge in [0.25, 0.3) is 0 Å². The highest BCUT2D eigenvalue weighted by molar-refractivity contribution is 9.10. The van der Waals surface area contributed by atoms with Gasteiger partial charge in [0.1, 0.15) is 5.92 Å². The van der Waals surface area contributed by atoms with Crippen LogP contribution in [0.5, 0.6) is 0 Å². The number of carbonyl (C=O) groups is 2. The molecule has 0 radical (unpaired) electrons. The molecule has 1 unspecified atom stereocenters. The number of esters is 1. The van der Waals surface area contributed by atoms with Crippen LogP contribution in [0.1, 0.15) is 48.3 Å². The van der Waals surface area contributed by atoms with Gasteiger partial charge in [0.2, 0.25) is 0 Å². The first-order valence-electron chi connectivity index (χ1n) is 8.06. The predicted octanol–water partition coefficient (Wildman–Crippen LogP) is 4.26. The lowest BCUT2D eigenvalue weighted by Gasteiger charge is -2.33. The smallest absolute Gasteiger partial charge is 0.322 e. The summed E-state index contributed by atoms with van der Waals surface area (Å²) in [7, 11) is 1.67. The number of halogens is 2. The van der Waals surface area contributed by atoms with E-state index in [0.717, 1.165) is 15.6 Å². The fraction of sp³-hybridized carbons (Fsp3) is 0.556. The number of hydrogen-bond acceptors (Lipinski definition) is 4. The first-order valence-corrected chi connectivity index (χ1v) is 9.23. The number of methoxy groups -OCH3 is 1. The Hall–Kier alpha value is -0.910. The van der Waals surface area contributed by atoms with Crippen molar-refractivity contribution in [2.75, 3.05) is 7.11 Å². The van der Waals surface area contributed by atoms with Gasteiger partial charge in [-0.2, -0.15) is 0 Å². The number of carbonyl (C=O) groups excluding carboxylic acids is 2. The molecule has 6 heteroatoms. The summed E-state index contributed by atoms with van der Waals surface area (Å²) < 4.78 is 11.7. The van der Waals surface area contributed by atoms with E-state index >= 15 is 0 Å². The van der Waals surface area contributed by atoms with E-state index < -0.39 is 17.5 Å². The molecule has 3 rings (SSSR count). The second-order valence-corrected chi connectivity index (χ2v) is 7.87. The van der Waals surface area contributed by atoms with Crippen LogP contribution in [0.4, 0.5) is 0 Å². The summed E-state index contributed by atoms with van der Waals surface area (Å²) in [6.07, 6.45) is 2.58. The molecule has 1 aromatic carbocycles. The second-order valence-electron chi connectivity index (χ2n) is 6.70. The third-order valence-electron chi connectivity index (χ3n) is 5.24. The molecule has 0 aromatic heterocycles. The number of hydrogen-bond donors (Lipinski definition) is 0. The molecule has 1 saturated heterocycles. The number of rotatable bonds is 2. The molecule has 1 atom stereocenters. The van der Waals surface area contributed by atoms with Gasteiger partial charge in [0, 0.05) is 11.6 Å². The minimum absolute atomic E-state index is 0.125. The number of aryl methyl sites for hydroxylation is 2. The maximum absolute atomic E-state index is 13.1. The van der Waals surface area contributed by atoms with Crippen LogP contribution < -0.4 is 0 Å². The summed E-state index contributed by atoms with van der Waals surface area (Å²) in [4.78, 5) is 25.7. The van der Waals surface area contributed by atoms with Crippen LogP contribution in [-0.2, 0) is 19.1 Å². The van der Waals surface area contributed by atoms with E-state index in [4.69, 9.17) is 21.1 Å². The molecular weight excluding hydrogens is 396 g/mol. The Morgan fingerprint density at radius 3 is 2.46 bits per heavy atom. The lowest BCUT2D eigenvalue weighted by Crippen LogP contribution is -2.42. The lowest BCUT2D eigenvalue weighted by molar-refractivity contribution is -0.157. The van der Waals surface area contributed by atoms with Gasteiger partial charge in [0.05, 0.1) is 11.1 Å². The third kappa shape index (κ3) is 2.71. The monoisotopic (exact) mass is 414 g/mol. The van der Waals surface area contributed by atoms with E-state index in [0.29, 0.717) is 36.3 Å². The summed E-state index contributed by atoms with van der Waals surface area (Å²) in [6, 6.07) is 1.93. The quantitative estimate of drug-likeness (QED) is 0.535. The number of Topliss-reactive ketones (excluding diaryl/α,β-unsaturated/α-hetero) is 1. The van der Waals surface area contributed by atoms with Gasteiger partial charge in [-0.3, -0.25) is 9.59 Å². The van der Waals surface area contributed by atoms with Crippen molar-refractivity contribution < 1.29 is 19.1 Å². The molecule has 0 bridgehead atoms. The summed E-state index contributed by atoms with van der Waals surface area (Å²) in [6.45, 7) is 3.79.